The minimum atomic E-state index is 0.780. The third kappa shape index (κ3) is 4.35. The highest BCUT2D eigenvalue weighted by Gasteiger charge is 2.13. The van der Waals surface area contributed by atoms with E-state index in [0.29, 0.717) is 0 Å². The number of unbranched alkanes of at least 4 members (excludes halogenated alkanes) is 2. The molecule has 2 rings (SSSR count). The fraction of sp³-hybridized carbons (Fsp3) is 0.714. The molecule has 0 aromatic carbocycles. The molecule has 5 heteroatoms. The van der Waals surface area contributed by atoms with Crippen LogP contribution in [-0.2, 0) is 4.74 Å². The minimum Gasteiger partial charge on any atom is -0.378 e. The molecule has 0 amide bonds. The average Bonchev–Trinajstić information content (AvgIpc) is 2.44. The van der Waals surface area contributed by atoms with Gasteiger partial charge in [0.25, 0.3) is 0 Å². The Morgan fingerprint density at radius 2 is 2.05 bits per heavy atom. The predicted octanol–water partition coefficient (Wildman–Crippen LogP) is 2.22. The Morgan fingerprint density at radius 3 is 2.79 bits per heavy atom. The molecule has 1 aromatic heterocycles. The zero-order chi connectivity index (χ0) is 13.5. The number of hydrogen-bond donors (Lipinski definition) is 1. The molecule has 0 atom stereocenters. The van der Waals surface area contributed by atoms with Crippen molar-refractivity contribution < 1.29 is 4.74 Å². The summed E-state index contributed by atoms with van der Waals surface area (Å²) in [6.45, 7) is 8.52. The summed E-state index contributed by atoms with van der Waals surface area (Å²) < 4.78 is 5.37. The summed E-state index contributed by atoms with van der Waals surface area (Å²) in [5.74, 6) is 2.76. The van der Waals surface area contributed by atoms with Gasteiger partial charge in [0, 0.05) is 25.7 Å². The van der Waals surface area contributed by atoms with E-state index in [1.54, 1.807) is 0 Å². The van der Waals surface area contributed by atoms with E-state index in [1.807, 2.05) is 13.0 Å². The molecule has 1 aliphatic heterocycles. The van der Waals surface area contributed by atoms with Gasteiger partial charge in [0.2, 0.25) is 0 Å². The fourth-order valence-electron chi connectivity index (χ4n) is 2.19. The second-order valence-electron chi connectivity index (χ2n) is 4.89. The first-order valence-corrected chi connectivity index (χ1v) is 7.22. The molecule has 1 aromatic rings. The van der Waals surface area contributed by atoms with E-state index in [2.05, 4.69) is 27.1 Å². The molecule has 0 spiro atoms. The Morgan fingerprint density at radius 1 is 1.26 bits per heavy atom. The number of nitrogens with zero attached hydrogens (tertiary/aromatic N) is 3. The van der Waals surface area contributed by atoms with Crippen molar-refractivity contribution in [2.24, 2.45) is 0 Å². The Balaban J connectivity index is 1.97. The molecule has 1 aliphatic rings. The highest BCUT2D eigenvalue weighted by atomic mass is 16.5. The molecule has 5 nitrogen and oxygen atoms in total. The van der Waals surface area contributed by atoms with Crippen molar-refractivity contribution in [1.82, 2.24) is 9.97 Å². The first-order valence-electron chi connectivity index (χ1n) is 7.22. The highest BCUT2D eigenvalue weighted by Crippen LogP contribution is 2.17. The van der Waals surface area contributed by atoms with Crippen LogP contribution >= 0.6 is 0 Å². The van der Waals surface area contributed by atoms with Gasteiger partial charge in [0.15, 0.2) is 0 Å². The Kier molecular flexibility index (Phi) is 5.39. The topological polar surface area (TPSA) is 50.3 Å². The van der Waals surface area contributed by atoms with E-state index in [-0.39, 0.29) is 0 Å². The summed E-state index contributed by atoms with van der Waals surface area (Å²) in [6.07, 6.45) is 3.68. The molecule has 1 fully saturated rings. The molecule has 0 unspecified atom stereocenters. The van der Waals surface area contributed by atoms with Crippen LogP contribution in [0.25, 0.3) is 0 Å². The smallest absolute Gasteiger partial charge is 0.134 e. The second-order valence-corrected chi connectivity index (χ2v) is 4.89. The van der Waals surface area contributed by atoms with Crippen LogP contribution in [0.2, 0.25) is 0 Å². The molecule has 0 saturated carbocycles. The lowest BCUT2D eigenvalue weighted by molar-refractivity contribution is 0.122. The lowest BCUT2D eigenvalue weighted by Gasteiger charge is -2.28. The number of nitrogens with one attached hydrogen (secondary N) is 1. The third-order valence-electron chi connectivity index (χ3n) is 3.25. The number of aromatic nitrogens is 2. The van der Waals surface area contributed by atoms with Gasteiger partial charge in [-0.1, -0.05) is 19.8 Å². The lowest BCUT2D eigenvalue weighted by atomic mass is 10.2. The minimum absolute atomic E-state index is 0.780. The third-order valence-corrected chi connectivity index (χ3v) is 3.25. The summed E-state index contributed by atoms with van der Waals surface area (Å²) in [4.78, 5) is 11.2. The molecule has 0 aliphatic carbocycles. The summed E-state index contributed by atoms with van der Waals surface area (Å²) >= 11 is 0. The lowest BCUT2D eigenvalue weighted by Crippen LogP contribution is -2.37. The molecule has 1 N–H and O–H groups in total. The molecule has 0 bridgehead atoms. The largest absolute Gasteiger partial charge is 0.378 e. The van der Waals surface area contributed by atoms with Crippen molar-refractivity contribution >= 4 is 11.6 Å². The van der Waals surface area contributed by atoms with Crippen molar-refractivity contribution in [1.29, 1.82) is 0 Å². The molecule has 2 heterocycles. The zero-order valence-corrected chi connectivity index (χ0v) is 12.0. The maximum atomic E-state index is 5.37. The normalized spacial score (nSPS) is 15.6. The quantitative estimate of drug-likeness (QED) is 0.798. The van der Waals surface area contributed by atoms with E-state index in [1.165, 1.54) is 19.3 Å². The summed E-state index contributed by atoms with van der Waals surface area (Å²) in [5, 5.41) is 3.39. The highest BCUT2D eigenvalue weighted by molar-refractivity contribution is 5.49. The monoisotopic (exact) mass is 264 g/mol. The zero-order valence-electron chi connectivity index (χ0n) is 12.0. The van der Waals surface area contributed by atoms with Crippen LogP contribution in [-0.4, -0.2) is 42.8 Å². The Hall–Kier alpha value is -1.36. The van der Waals surface area contributed by atoms with Crippen molar-refractivity contribution in [2.45, 2.75) is 33.1 Å². The number of hydrogen-bond acceptors (Lipinski definition) is 5. The summed E-state index contributed by atoms with van der Waals surface area (Å²) in [6, 6.07) is 2.05. The predicted molar refractivity (Wildman–Crippen MR) is 77.8 cm³/mol. The number of morpholine rings is 1. The van der Waals surface area contributed by atoms with Crippen LogP contribution < -0.4 is 10.2 Å². The SMILES string of the molecule is CCCCCNc1cc(N2CCOCC2)nc(C)n1. The maximum Gasteiger partial charge on any atom is 0.134 e. The number of ether oxygens (including phenoxy) is 1. The van der Waals surface area contributed by atoms with Crippen LogP contribution in [0.5, 0.6) is 0 Å². The first kappa shape index (κ1) is 14.1. The van der Waals surface area contributed by atoms with E-state index >= 15 is 0 Å². The average molecular weight is 264 g/mol. The standard InChI is InChI=1S/C14H24N4O/c1-3-4-5-6-15-13-11-14(17-12(2)16-13)18-7-9-19-10-8-18/h11H,3-10H2,1-2H3,(H,15,16,17). The van der Waals surface area contributed by atoms with Gasteiger partial charge in [0.05, 0.1) is 13.2 Å². The van der Waals surface area contributed by atoms with E-state index in [4.69, 9.17) is 4.74 Å². The van der Waals surface area contributed by atoms with Gasteiger partial charge in [-0.25, -0.2) is 9.97 Å². The van der Waals surface area contributed by atoms with Gasteiger partial charge in [-0.3, -0.25) is 0 Å². The Bertz CT molecular complexity index is 391. The Labute approximate surface area is 115 Å². The van der Waals surface area contributed by atoms with Crippen LogP contribution in [0.1, 0.15) is 32.0 Å². The summed E-state index contributed by atoms with van der Waals surface area (Å²) in [7, 11) is 0. The second kappa shape index (κ2) is 7.28. The fourth-order valence-corrected chi connectivity index (χ4v) is 2.19. The van der Waals surface area contributed by atoms with E-state index < -0.39 is 0 Å². The van der Waals surface area contributed by atoms with Crippen LogP contribution in [0.3, 0.4) is 0 Å². The van der Waals surface area contributed by atoms with Crippen LogP contribution in [0, 0.1) is 6.92 Å². The van der Waals surface area contributed by atoms with Gasteiger partial charge in [-0.05, 0) is 13.3 Å². The molecular weight excluding hydrogens is 240 g/mol. The van der Waals surface area contributed by atoms with E-state index in [9.17, 15) is 0 Å². The van der Waals surface area contributed by atoms with Crippen LogP contribution in [0.15, 0.2) is 6.07 Å². The van der Waals surface area contributed by atoms with Gasteiger partial charge in [-0.2, -0.15) is 0 Å². The number of aryl methyl sites for hydroxylation is 1. The molecule has 106 valence electrons. The van der Waals surface area contributed by atoms with Crippen molar-refractivity contribution in [3.05, 3.63) is 11.9 Å². The van der Waals surface area contributed by atoms with Gasteiger partial charge >= 0.3 is 0 Å². The van der Waals surface area contributed by atoms with Crippen molar-refractivity contribution in [3.8, 4) is 0 Å². The van der Waals surface area contributed by atoms with Crippen LogP contribution in [0.4, 0.5) is 11.6 Å². The maximum absolute atomic E-state index is 5.37. The number of rotatable bonds is 6. The van der Waals surface area contributed by atoms with E-state index in [0.717, 1.165) is 50.3 Å². The molecule has 19 heavy (non-hydrogen) atoms. The van der Waals surface area contributed by atoms with Gasteiger partial charge in [0.1, 0.15) is 17.5 Å². The van der Waals surface area contributed by atoms with Crippen molar-refractivity contribution in [3.63, 3.8) is 0 Å². The molecular formula is C14H24N4O. The first-order chi connectivity index (χ1) is 9.29. The molecule has 0 radical (unpaired) electrons. The van der Waals surface area contributed by atoms with Crippen molar-refractivity contribution in [2.75, 3.05) is 43.1 Å². The van der Waals surface area contributed by atoms with Gasteiger partial charge in [-0.15, -0.1) is 0 Å². The van der Waals surface area contributed by atoms with Gasteiger partial charge < -0.3 is 15.0 Å². The number of anilines is 2. The molecule has 1 saturated heterocycles. The summed E-state index contributed by atoms with van der Waals surface area (Å²) in [5.41, 5.74) is 0.